The number of halogens is 1. The van der Waals surface area contributed by atoms with E-state index in [2.05, 4.69) is 31.5 Å². The first-order valence-electron chi connectivity index (χ1n) is 4.21. The average Bonchev–Trinajstić information content (AvgIpc) is 2.73. The van der Waals surface area contributed by atoms with Crippen molar-refractivity contribution < 1.29 is 0 Å². The van der Waals surface area contributed by atoms with E-state index in [1.54, 1.807) is 17.9 Å². The van der Waals surface area contributed by atoms with Gasteiger partial charge < -0.3 is 0 Å². The van der Waals surface area contributed by atoms with Gasteiger partial charge in [0.1, 0.15) is 5.69 Å². The average molecular weight is 273 g/mol. The van der Waals surface area contributed by atoms with Crippen molar-refractivity contribution in [3.63, 3.8) is 0 Å². The Kier molecular flexibility index (Phi) is 2.43. The summed E-state index contributed by atoms with van der Waals surface area (Å²) in [5.41, 5.74) is 1.23. The highest BCUT2D eigenvalue weighted by Gasteiger charge is 2.13. The Morgan fingerprint density at radius 2 is 2.07 bits per heavy atom. The molecule has 0 aromatic carbocycles. The summed E-state index contributed by atoms with van der Waals surface area (Å²) in [5, 5.41) is 12.1. The van der Waals surface area contributed by atoms with E-state index in [4.69, 9.17) is 0 Å². The highest BCUT2D eigenvalue weighted by Crippen LogP contribution is 2.13. The number of alkyl halides is 1. The third-order valence-electron chi connectivity index (χ3n) is 2.12. The second-order valence-corrected chi connectivity index (χ2v) is 3.59. The first-order valence-corrected chi connectivity index (χ1v) is 5.33. The summed E-state index contributed by atoms with van der Waals surface area (Å²) in [6.45, 7) is 0. The number of rotatable bonds is 2. The van der Waals surface area contributed by atoms with Crippen molar-refractivity contribution in [1.82, 2.24) is 29.6 Å². The van der Waals surface area contributed by atoms with E-state index in [-0.39, 0.29) is 5.69 Å². The molecule has 0 spiro atoms. The molecular weight excluding hydrogens is 264 g/mol. The van der Waals surface area contributed by atoms with E-state index in [1.165, 1.54) is 9.36 Å². The van der Waals surface area contributed by atoms with Crippen LogP contribution in [0.15, 0.2) is 11.0 Å². The van der Waals surface area contributed by atoms with Crippen molar-refractivity contribution in [1.29, 1.82) is 0 Å². The van der Waals surface area contributed by atoms with Crippen LogP contribution in [0.5, 0.6) is 0 Å². The van der Waals surface area contributed by atoms with Gasteiger partial charge in [-0.3, -0.25) is 4.68 Å². The van der Waals surface area contributed by atoms with Crippen LogP contribution < -0.4 is 5.69 Å². The third kappa shape index (κ3) is 1.50. The molecule has 0 aliphatic rings. The number of aryl methyl sites for hydroxylation is 2. The van der Waals surface area contributed by atoms with Gasteiger partial charge in [-0.1, -0.05) is 15.9 Å². The predicted octanol–water partition coefficient (Wildman–Crippen LogP) is -0.406. The molecule has 0 atom stereocenters. The SMILES string of the molecule is Cn1ncc(-n2nnn(C)c2=O)c1CBr. The zero-order chi connectivity index (χ0) is 11.0. The molecule has 80 valence electrons. The normalized spacial score (nSPS) is 10.9. The molecule has 0 radical (unpaired) electrons. The van der Waals surface area contributed by atoms with Crippen molar-refractivity contribution in [3.05, 3.63) is 22.4 Å². The summed E-state index contributed by atoms with van der Waals surface area (Å²) >= 11 is 3.34. The molecule has 2 aromatic heterocycles. The van der Waals surface area contributed by atoms with E-state index < -0.39 is 0 Å². The number of tetrazole rings is 1. The summed E-state index contributed by atoms with van der Waals surface area (Å²) in [6, 6.07) is 0. The van der Waals surface area contributed by atoms with Gasteiger partial charge in [-0.25, -0.2) is 4.79 Å². The van der Waals surface area contributed by atoms with Crippen LogP contribution in [0.3, 0.4) is 0 Å². The Balaban J connectivity index is 2.64. The summed E-state index contributed by atoms with van der Waals surface area (Å²) in [4.78, 5) is 11.6. The first-order chi connectivity index (χ1) is 7.15. The molecule has 0 aliphatic heterocycles. The van der Waals surface area contributed by atoms with E-state index in [0.717, 1.165) is 5.69 Å². The van der Waals surface area contributed by atoms with Gasteiger partial charge >= 0.3 is 5.69 Å². The minimum Gasteiger partial charge on any atom is -0.270 e. The van der Waals surface area contributed by atoms with Gasteiger partial charge in [0.2, 0.25) is 0 Å². The quantitative estimate of drug-likeness (QED) is 0.698. The van der Waals surface area contributed by atoms with Gasteiger partial charge in [0.25, 0.3) is 0 Å². The molecular formula is C7H9BrN6O. The fraction of sp³-hybridized carbons (Fsp3) is 0.429. The number of hydrogen-bond acceptors (Lipinski definition) is 4. The number of hydrogen-bond donors (Lipinski definition) is 0. The van der Waals surface area contributed by atoms with Crippen molar-refractivity contribution in [2.75, 3.05) is 0 Å². The molecule has 8 heteroatoms. The molecule has 7 nitrogen and oxygen atoms in total. The standard InChI is InChI=1S/C7H9BrN6O/c1-12-5(3-8)6(4-9-12)14-7(15)13(2)10-11-14/h4H,3H2,1-2H3. The smallest absolute Gasteiger partial charge is 0.270 e. The van der Waals surface area contributed by atoms with Crippen molar-refractivity contribution in [2.45, 2.75) is 5.33 Å². The zero-order valence-corrected chi connectivity index (χ0v) is 9.84. The molecule has 0 saturated heterocycles. The van der Waals surface area contributed by atoms with Crippen molar-refractivity contribution >= 4 is 15.9 Å². The molecule has 2 rings (SSSR count). The third-order valence-corrected chi connectivity index (χ3v) is 2.65. The number of aromatic nitrogens is 6. The van der Waals surface area contributed by atoms with E-state index in [9.17, 15) is 4.79 Å². The van der Waals surface area contributed by atoms with Crippen LogP contribution in [0.2, 0.25) is 0 Å². The van der Waals surface area contributed by atoms with Crippen LogP contribution in [0.1, 0.15) is 5.69 Å². The largest absolute Gasteiger partial charge is 0.368 e. The summed E-state index contributed by atoms with van der Waals surface area (Å²) in [6.07, 6.45) is 1.59. The van der Waals surface area contributed by atoms with Gasteiger partial charge in [-0.2, -0.15) is 14.5 Å². The first kappa shape index (κ1) is 10.1. The van der Waals surface area contributed by atoms with Crippen LogP contribution in [-0.4, -0.2) is 29.6 Å². The van der Waals surface area contributed by atoms with Crippen molar-refractivity contribution in [2.24, 2.45) is 14.1 Å². The second kappa shape index (κ2) is 3.61. The Hall–Kier alpha value is -1.44. The van der Waals surface area contributed by atoms with E-state index >= 15 is 0 Å². The summed E-state index contributed by atoms with van der Waals surface area (Å²) in [7, 11) is 3.36. The molecule has 0 saturated carbocycles. The molecule has 0 fully saturated rings. The maximum atomic E-state index is 11.6. The fourth-order valence-electron chi connectivity index (χ4n) is 1.25. The van der Waals surface area contributed by atoms with Gasteiger partial charge in [0.05, 0.1) is 11.9 Å². The molecule has 0 unspecified atom stereocenters. The van der Waals surface area contributed by atoms with Crippen LogP contribution in [-0.2, 0) is 19.4 Å². The lowest BCUT2D eigenvalue weighted by Gasteiger charge is -1.99. The predicted molar refractivity (Wildman–Crippen MR) is 56.0 cm³/mol. The highest BCUT2D eigenvalue weighted by atomic mass is 79.9. The maximum absolute atomic E-state index is 11.6. The van der Waals surface area contributed by atoms with Gasteiger partial charge in [-0.05, 0) is 10.4 Å². The Bertz CT molecular complexity index is 538. The Labute approximate surface area is 93.4 Å². The molecule has 15 heavy (non-hydrogen) atoms. The Morgan fingerprint density at radius 1 is 1.33 bits per heavy atom. The van der Waals surface area contributed by atoms with Crippen LogP contribution in [0.25, 0.3) is 5.69 Å². The monoisotopic (exact) mass is 272 g/mol. The minimum absolute atomic E-state index is 0.287. The summed E-state index contributed by atoms with van der Waals surface area (Å²) < 4.78 is 4.08. The van der Waals surface area contributed by atoms with Crippen molar-refractivity contribution in [3.8, 4) is 5.69 Å². The number of nitrogens with zero attached hydrogens (tertiary/aromatic N) is 6. The lowest BCUT2D eigenvalue weighted by Crippen LogP contribution is -2.22. The molecule has 2 heterocycles. The Morgan fingerprint density at radius 3 is 2.60 bits per heavy atom. The highest BCUT2D eigenvalue weighted by molar-refractivity contribution is 9.08. The van der Waals surface area contributed by atoms with Gasteiger partial charge in [0, 0.05) is 19.4 Å². The molecule has 0 N–H and O–H groups in total. The van der Waals surface area contributed by atoms with Crippen LogP contribution in [0.4, 0.5) is 0 Å². The minimum atomic E-state index is -0.287. The van der Waals surface area contributed by atoms with E-state index in [0.29, 0.717) is 11.0 Å². The molecule has 0 bridgehead atoms. The van der Waals surface area contributed by atoms with E-state index in [1.807, 2.05) is 7.05 Å². The molecule has 2 aromatic rings. The molecule has 0 amide bonds. The van der Waals surface area contributed by atoms with Crippen LogP contribution >= 0.6 is 15.9 Å². The topological polar surface area (TPSA) is 70.5 Å². The van der Waals surface area contributed by atoms with Gasteiger partial charge in [-0.15, -0.1) is 0 Å². The van der Waals surface area contributed by atoms with Gasteiger partial charge in [0.15, 0.2) is 0 Å². The summed E-state index contributed by atoms with van der Waals surface area (Å²) in [5.74, 6) is 0. The molecule has 0 aliphatic carbocycles. The lowest BCUT2D eigenvalue weighted by atomic mass is 10.4. The maximum Gasteiger partial charge on any atom is 0.368 e. The zero-order valence-electron chi connectivity index (χ0n) is 8.25. The van der Waals surface area contributed by atoms with Crippen LogP contribution in [0, 0.1) is 0 Å². The lowest BCUT2D eigenvalue weighted by molar-refractivity contribution is 0.692. The fourth-order valence-corrected chi connectivity index (χ4v) is 1.90. The second-order valence-electron chi connectivity index (χ2n) is 3.03.